The van der Waals surface area contributed by atoms with Gasteiger partial charge in [0, 0.05) is 23.9 Å². The lowest BCUT2D eigenvalue weighted by atomic mass is 10.2. The molecule has 0 aliphatic carbocycles. The van der Waals surface area contributed by atoms with Gasteiger partial charge in [-0.05, 0) is 6.26 Å². The van der Waals surface area contributed by atoms with Crippen LogP contribution in [0, 0.1) is 0 Å². The molecule has 0 radical (unpaired) electrons. The van der Waals surface area contributed by atoms with Crippen LogP contribution < -0.4 is 9.47 Å². The predicted octanol–water partition coefficient (Wildman–Crippen LogP) is 3.54. The molecule has 0 saturated carbocycles. The van der Waals surface area contributed by atoms with Crippen molar-refractivity contribution in [2.24, 2.45) is 0 Å². The molecule has 1 heterocycles. The molecule has 0 fully saturated rings. The highest BCUT2D eigenvalue weighted by Crippen LogP contribution is 2.33. The number of hydrogen-bond donors (Lipinski definition) is 0. The number of benzene rings is 1. The third kappa shape index (κ3) is 2.83. The molecule has 1 aromatic heterocycles. The predicted molar refractivity (Wildman–Crippen MR) is 85.4 cm³/mol. The number of aromatic nitrogens is 2. The highest BCUT2D eigenvalue weighted by molar-refractivity contribution is 7.99. The quantitative estimate of drug-likeness (QED) is 0.764. The zero-order valence-corrected chi connectivity index (χ0v) is 13.7. The van der Waals surface area contributed by atoms with Crippen LogP contribution in [0.3, 0.4) is 0 Å². The van der Waals surface area contributed by atoms with Gasteiger partial charge in [-0.1, -0.05) is 6.92 Å². The van der Waals surface area contributed by atoms with Gasteiger partial charge in [0.25, 0.3) is 0 Å². The highest BCUT2D eigenvalue weighted by atomic mass is 35.5. The Morgan fingerprint density at radius 1 is 1.30 bits per heavy atom. The Bertz CT molecular complexity index is 600. The Balaban J connectivity index is 2.59. The molecule has 0 N–H and O–H groups in total. The fourth-order valence-corrected chi connectivity index (χ4v) is 2.64. The van der Waals surface area contributed by atoms with Gasteiger partial charge < -0.3 is 14.0 Å². The first-order valence-corrected chi connectivity index (χ1v) is 8.16. The van der Waals surface area contributed by atoms with E-state index in [1.807, 2.05) is 23.9 Å². The van der Waals surface area contributed by atoms with E-state index < -0.39 is 0 Å². The van der Waals surface area contributed by atoms with Gasteiger partial charge in [-0.2, -0.15) is 11.8 Å². The molecule has 0 aliphatic heterocycles. The third-order valence-corrected chi connectivity index (χ3v) is 4.49. The van der Waals surface area contributed by atoms with Gasteiger partial charge in [0.05, 0.1) is 31.1 Å². The Hall–Kier alpha value is -1.07. The molecule has 0 amide bonds. The lowest BCUT2D eigenvalue weighted by molar-refractivity contribution is 0.355. The molecule has 0 bridgehead atoms. The molecule has 1 atom stereocenters. The van der Waals surface area contributed by atoms with Crippen LogP contribution in [0.4, 0.5) is 0 Å². The van der Waals surface area contributed by atoms with E-state index in [2.05, 4.69) is 22.7 Å². The number of methoxy groups -OCH3 is 2. The smallest absolute Gasteiger partial charge is 0.163 e. The Morgan fingerprint density at radius 3 is 2.50 bits per heavy atom. The standard InChI is InChI=1S/C14H19ClN2O2S/c1-9(20-4)8-17-11-6-13(19-3)12(18-2)5-10(11)16-14(17)7-15/h5-6,9H,7-8H2,1-4H3. The second-order valence-corrected chi connectivity index (χ2v) is 6.06. The van der Waals surface area contributed by atoms with E-state index in [-0.39, 0.29) is 0 Å². The average Bonchev–Trinajstić information content (AvgIpc) is 2.82. The van der Waals surface area contributed by atoms with E-state index in [0.29, 0.717) is 22.6 Å². The lowest BCUT2D eigenvalue weighted by Crippen LogP contribution is -2.11. The zero-order valence-electron chi connectivity index (χ0n) is 12.1. The number of nitrogens with zero attached hydrogens (tertiary/aromatic N) is 2. The van der Waals surface area contributed by atoms with Gasteiger partial charge in [-0.15, -0.1) is 11.6 Å². The summed E-state index contributed by atoms with van der Waals surface area (Å²) in [5.74, 6) is 2.65. The lowest BCUT2D eigenvalue weighted by Gasteiger charge is -2.13. The minimum atomic E-state index is 0.389. The molecule has 0 aliphatic rings. The summed E-state index contributed by atoms with van der Waals surface area (Å²) in [4.78, 5) is 4.59. The molecule has 0 saturated heterocycles. The molecule has 110 valence electrons. The van der Waals surface area contributed by atoms with Crippen LogP contribution in [0.25, 0.3) is 11.0 Å². The number of ether oxygens (including phenoxy) is 2. The number of halogens is 1. The summed E-state index contributed by atoms with van der Waals surface area (Å²) in [7, 11) is 3.26. The fourth-order valence-electron chi connectivity index (χ4n) is 2.14. The second-order valence-electron chi connectivity index (χ2n) is 4.51. The summed E-state index contributed by atoms with van der Waals surface area (Å²) in [6.07, 6.45) is 2.10. The van der Waals surface area contributed by atoms with Gasteiger partial charge in [-0.25, -0.2) is 4.98 Å². The summed E-state index contributed by atoms with van der Waals surface area (Å²) in [6.45, 7) is 3.06. The first-order chi connectivity index (χ1) is 9.64. The van der Waals surface area contributed by atoms with Crippen molar-refractivity contribution in [1.29, 1.82) is 0 Å². The van der Waals surface area contributed by atoms with Crippen LogP contribution >= 0.6 is 23.4 Å². The van der Waals surface area contributed by atoms with Gasteiger partial charge in [0.15, 0.2) is 11.5 Å². The first kappa shape index (κ1) is 15.3. The van der Waals surface area contributed by atoms with Crippen molar-refractivity contribution in [2.75, 3.05) is 20.5 Å². The number of imidazole rings is 1. The van der Waals surface area contributed by atoms with Crippen molar-refractivity contribution in [3.05, 3.63) is 18.0 Å². The van der Waals surface area contributed by atoms with Crippen molar-refractivity contribution in [3.63, 3.8) is 0 Å². The highest BCUT2D eigenvalue weighted by Gasteiger charge is 2.16. The zero-order chi connectivity index (χ0) is 14.7. The summed E-state index contributed by atoms with van der Waals surface area (Å²) in [6, 6.07) is 3.86. The molecule has 1 aromatic carbocycles. The molecule has 4 nitrogen and oxygen atoms in total. The molecule has 2 aromatic rings. The topological polar surface area (TPSA) is 36.3 Å². The maximum absolute atomic E-state index is 6.02. The molecule has 20 heavy (non-hydrogen) atoms. The maximum Gasteiger partial charge on any atom is 0.163 e. The van der Waals surface area contributed by atoms with Gasteiger partial charge >= 0.3 is 0 Å². The molecule has 6 heteroatoms. The van der Waals surface area contributed by atoms with E-state index >= 15 is 0 Å². The summed E-state index contributed by atoms with van der Waals surface area (Å²) < 4.78 is 12.8. The maximum atomic E-state index is 6.02. The van der Waals surface area contributed by atoms with Crippen molar-refractivity contribution in [1.82, 2.24) is 9.55 Å². The minimum Gasteiger partial charge on any atom is -0.493 e. The summed E-state index contributed by atoms with van der Waals surface area (Å²) in [5, 5.41) is 0.488. The van der Waals surface area contributed by atoms with E-state index in [9.17, 15) is 0 Å². The number of hydrogen-bond acceptors (Lipinski definition) is 4. The van der Waals surface area contributed by atoms with E-state index in [4.69, 9.17) is 21.1 Å². The van der Waals surface area contributed by atoms with E-state index in [1.54, 1.807) is 14.2 Å². The van der Waals surface area contributed by atoms with E-state index in [0.717, 1.165) is 23.4 Å². The summed E-state index contributed by atoms with van der Waals surface area (Å²) in [5.41, 5.74) is 1.91. The van der Waals surface area contributed by atoms with Crippen molar-refractivity contribution >= 4 is 34.4 Å². The largest absolute Gasteiger partial charge is 0.493 e. The van der Waals surface area contributed by atoms with Gasteiger partial charge in [-0.3, -0.25) is 0 Å². The molecule has 1 unspecified atom stereocenters. The number of rotatable bonds is 6. The molecular weight excluding hydrogens is 296 g/mol. The van der Waals surface area contributed by atoms with Crippen LogP contribution in [0.15, 0.2) is 12.1 Å². The van der Waals surface area contributed by atoms with Crippen LogP contribution in [-0.4, -0.2) is 35.3 Å². The average molecular weight is 315 g/mol. The minimum absolute atomic E-state index is 0.389. The monoisotopic (exact) mass is 314 g/mol. The van der Waals surface area contributed by atoms with Crippen molar-refractivity contribution < 1.29 is 9.47 Å². The Morgan fingerprint density at radius 2 is 1.95 bits per heavy atom. The van der Waals surface area contributed by atoms with Crippen LogP contribution in [0.1, 0.15) is 12.7 Å². The fraction of sp³-hybridized carbons (Fsp3) is 0.500. The van der Waals surface area contributed by atoms with Crippen LogP contribution in [0.2, 0.25) is 0 Å². The third-order valence-electron chi connectivity index (χ3n) is 3.29. The number of thioether (sulfide) groups is 1. The number of alkyl halides is 1. The van der Waals surface area contributed by atoms with Crippen LogP contribution in [0.5, 0.6) is 11.5 Å². The number of fused-ring (bicyclic) bond motifs is 1. The van der Waals surface area contributed by atoms with Gasteiger partial charge in [0.1, 0.15) is 5.82 Å². The second kappa shape index (κ2) is 6.59. The van der Waals surface area contributed by atoms with Gasteiger partial charge in [0.2, 0.25) is 0 Å². The molecular formula is C14H19ClN2O2S. The van der Waals surface area contributed by atoms with Crippen molar-refractivity contribution in [3.8, 4) is 11.5 Å². The summed E-state index contributed by atoms with van der Waals surface area (Å²) >= 11 is 7.85. The molecule has 2 rings (SSSR count). The normalized spacial score (nSPS) is 12.7. The Kier molecular flexibility index (Phi) is 5.05. The Labute approximate surface area is 128 Å². The van der Waals surface area contributed by atoms with Crippen molar-refractivity contribution in [2.45, 2.75) is 24.6 Å². The SMILES string of the molecule is COc1cc2nc(CCl)n(CC(C)SC)c2cc1OC. The van der Waals surface area contributed by atoms with E-state index in [1.165, 1.54) is 0 Å². The van der Waals surface area contributed by atoms with Crippen LogP contribution in [-0.2, 0) is 12.4 Å². The first-order valence-electron chi connectivity index (χ1n) is 6.34. The molecule has 0 spiro atoms.